The van der Waals surface area contributed by atoms with Crippen molar-refractivity contribution < 1.29 is 27.5 Å². The molecule has 0 aliphatic rings. The second-order valence-electron chi connectivity index (χ2n) is 4.26. The first-order valence-corrected chi connectivity index (χ1v) is 5.26. The van der Waals surface area contributed by atoms with E-state index in [1.165, 1.54) is 6.07 Å². The zero-order chi connectivity index (χ0) is 14.4. The molecule has 2 rings (SSSR count). The van der Waals surface area contributed by atoms with Crippen LogP contribution in [0.1, 0.15) is 11.3 Å². The Balaban J connectivity index is 2.67. The molecular weight excluding hydrogens is 263 g/mol. The summed E-state index contributed by atoms with van der Waals surface area (Å²) < 4.78 is 43.6. The quantitative estimate of drug-likeness (QED) is 0.881. The molecular formula is C12H10F3NO3. The molecule has 19 heavy (non-hydrogen) atoms. The second kappa shape index (κ2) is 3.99. The molecule has 2 aromatic rings. The first kappa shape index (κ1) is 13.4. The Morgan fingerprint density at radius 3 is 2.47 bits per heavy atom. The summed E-state index contributed by atoms with van der Waals surface area (Å²) in [4.78, 5) is 10.9. The van der Waals surface area contributed by atoms with Crippen LogP contribution in [0.25, 0.3) is 11.0 Å². The van der Waals surface area contributed by atoms with Crippen LogP contribution in [0.4, 0.5) is 13.2 Å². The van der Waals surface area contributed by atoms with Crippen LogP contribution in [-0.2, 0) is 10.3 Å². The Morgan fingerprint density at radius 1 is 1.32 bits per heavy atom. The number of aryl methyl sites for hydroxylation is 1. The van der Waals surface area contributed by atoms with Crippen molar-refractivity contribution in [2.45, 2.75) is 18.6 Å². The number of fused-ring (bicyclic) bond motifs is 1. The number of benzene rings is 1. The number of hydrogen-bond donors (Lipinski definition) is 2. The van der Waals surface area contributed by atoms with Crippen LogP contribution in [0, 0.1) is 6.92 Å². The summed E-state index contributed by atoms with van der Waals surface area (Å²) in [7, 11) is 0. The van der Waals surface area contributed by atoms with Gasteiger partial charge >= 0.3 is 12.1 Å². The van der Waals surface area contributed by atoms with E-state index >= 15 is 0 Å². The third-order valence-electron chi connectivity index (χ3n) is 2.84. The van der Waals surface area contributed by atoms with Crippen molar-refractivity contribution in [3.63, 3.8) is 0 Å². The van der Waals surface area contributed by atoms with E-state index in [1.54, 1.807) is 19.1 Å². The van der Waals surface area contributed by atoms with E-state index in [0.29, 0.717) is 5.39 Å². The number of carboxylic acids is 1. The molecule has 3 N–H and O–H groups in total. The van der Waals surface area contributed by atoms with E-state index < -0.39 is 23.4 Å². The van der Waals surface area contributed by atoms with Gasteiger partial charge < -0.3 is 15.3 Å². The Hall–Kier alpha value is -2.02. The van der Waals surface area contributed by atoms with Gasteiger partial charge in [0.15, 0.2) is 0 Å². The van der Waals surface area contributed by atoms with Gasteiger partial charge in [0.1, 0.15) is 11.3 Å². The molecule has 7 heteroatoms. The van der Waals surface area contributed by atoms with Crippen LogP contribution in [0.3, 0.4) is 0 Å². The van der Waals surface area contributed by atoms with E-state index in [2.05, 4.69) is 0 Å². The lowest BCUT2D eigenvalue weighted by Gasteiger charge is -2.24. The highest BCUT2D eigenvalue weighted by atomic mass is 19.4. The maximum absolute atomic E-state index is 12.9. The monoisotopic (exact) mass is 273 g/mol. The largest absolute Gasteiger partial charge is 0.479 e. The van der Waals surface area contributed by atoms with Crippen molar-refractivity contribution in [2.24, 2.45) is 5.73 Å². The van der Waals surface area contributed by atoms with Crippen LogP contribution in [0.5, 0.6) is 0 Å². The van der Waals surface area contributed by atoms with Crippen molar-refractivity contribution in [3.05, 3.63) is 35.6 Å². The smallest absolute Gasteiger partial charge is 0.424 e. The van der Waals surface area contributed by atoms with Crippen LogP contribution < -0.4 is 5.73 Å². The highest BCUT2D eigenvalue weighted by Gasteiger charge is 2.62. The minimum absolute atomic E-state index is 0.154. The van der Waals surface area contributed by atoms with Gasteiger partial charge in [-0.1, -0.05) is 11.6 Å². The van der Waals surface area contributed by atoms with Gasteiger partial charge in [0.05, 0.1) is 0 Å². The molecule has 0 saturated carbocycles. The lowest BCUT2D eigenvalue weighted by atomic mass is 9.97. The predicted molar refractivity (Wildman–Crippen MR) is 60.5 cm³/mol. The molecule has 1 heterocycles. The third kappa shape index (κ3) is 1.95. The van der Waals surface area contributed by atoms with E-state index in [-0.39, 0.29) is 5.58 Å². The fourth-order valence-electron chi connectivity index (χ4n) is 1.72. The van der Waals surface area contributed by atoms with Crippen molar-refractivity contribution in [1.29, 1.82) is 0 Å². The predicted octanol–water partition coefficient (Wildman–Crippen LogP) is 2.54. The van der Waals surface area contributed by atoms with Gasteiger partial charge in [-0.3, -0.25) is 0 Å². The van der Waals surface area contributed by atoms with Crippen LogP contribution in [0.15, 0.2) is 28.7 Å². The summed E-state index contributed by atoms with van der Waals surface area (Å²) in [5.41, 5.74) is 2.43. The summed E-state index contributed by atoms with van der Waals surface area (Å²) in [6, 6.07) is 5.69. The standard InChI is InChI=1S/C12H10F3NO3/c1-6-2-3-8-7(4-6)5-9(19-8)11(16,10(17)18)12(13,14)15/h2-5H,16H2,1H3,(H,17,18). The van der Waals surface area contributed by atoms with E-state index in [9.17, 15) is 18.0 Å². The Morgan fingerprint density at radius 2 is 1.95 bits per heavy atom. The molecule has 1 atom stereocenters. The summed E-state index contributed by atoms with van der Waals surface area (Å²) in [5, 5.41) is 9.17. The van der Waals surface area contributed by atoms with Crippen LogP contribution in [0.2, 0.25) is 0 Å². The first-order chi connectivity index (χ1) is 8.66. The van der Waals surface area contributed by atoms with Crippen LogP contribution >= 0.6 is 0 Å². The molecule has 0 amide bonds. The summed E-state index contributed by atoms with van der Waals surface area (Å²) in [6.45, 7) is 1.75. The number of aliphatic carboxylic acids is 1. The minimum atomic E-state index is -5.16. The van der Waals surface area contributed by atoms with E-state index in [4.69, 9.17) is 15.3 Å². The van der Waals surface area contributed by atoms with Gasteiger partial charge in [0, 0.05) is 5.39 Å². The molecule has 0 aliphatic carbocycles. The lowest BCUT2D eigenvalue weighted by molar-refractivity contribution is -0.208. The minimum Gasteiger partial charge on any atom is -0.479 e. The van der Waals surface area contributed by atoms with Gasteiger partial charge in [0.2, 0.25) is 0 Å². The molecule has 1 aromatic heterocycles. The molecule has 0 aliphatic heterocycles. The SMILES string of the molecule is Cc1ccc2oc(C(N)(C(=O)O)C(F)(F)F)cc2c1. The van der Waals surface area contributed by atoms with Crippen molar-refractivity contribution in [2.75, 3.05) is 0 Å². The summed E-state index contributed by atoms with van der Waals surface area (Å²) in [5.74, 6) is -3.05. The highest BCUT2D eigenvalue weighted by molar-refractivity contribution is 5.85. The number of carbonyl (C=O) groups is 1. The van der Waals surface area contributed by atoms with Gasteiger partial charge in [-0.05, 0) is 25.1 Å². The lowest BCUT2D eigenvalue weighted by Crippen LogP contribution is -2.56. The third-order valence-corrected chi connectivity index (χ3v) is 2.84. The second-order valence-corrected chi connectivity index (χ2v) is 4.26. The van der Waals surface area contributed by atoms with Crippen LogP contribution in [-0.4, -0.2) is 17.3 Å². The number of hydrogen-bond acceptors (Lipinski definition) is 3. The molecule has 1 aromatic carbocycles. The Kier molecular flexibility index (Phi) is 2.82. The molecule has 0 spiro atoms. The molecule has 0 radical (unpaired) electrons. The number of furan rings is 1. The molecule has 1 unspecified atom stereocenters. The number of alkyl halides is 3. The van der Waals surface area contributed by atoms with Gasteiger partial charge in [-0.2, -0.15) is 13.2 Å². The Labute approximate surface area is 105 Å². The highest BCUT2D eigenvalue weighted by Crippen LogP contribution is 2.39. The zero-order valence-corrected chi connectivity index (χ0v) is 9.78. The molecule has 0 bridgehead atoms. The number of halogens is 3. The van der Waals surface area contributed by atoms with Crippen molar-refractivity contribution >= 4 is 16.9 Å². The molecule has 0 saturated heterocycles. The Bertz CT molecular complexity index is 647. The molecule has 102 valence electrons. The molecule has 0 fully saturated rings. The maximum atomic E-state index is 12.9. The number of nitrogens with two attached hydrogens (primary N) is 1. The van der Waals surface area contributed by atoms with E-state index in [1.807, 2.05) is 0 Å². The summed E-state index contributed by atoms with van der Waals surface area (Å²) in [6.07, 6.45) is -5.16. The van der Waals surface area contributed by atoms with Gasteiger partial charge in [0.25, 0.3) is 5.54 Å². The fourth-order valence-corrected chi connectivity index (χ4v) is 1.72. The number of carboxylic acid groups (broad SMARTS) is 1. The maximum Gasteiger partial charge on any atom is 0.424 e. The number of rotatable bonds is 2. The van der Waals surface area contributed by atoms with Crippen molar-refractivity contribution in [1.82, 2.24) is 0 Å². The average molecular weight is 273 g/mol. The fraction of sp³-hybridized carbons (Fsp3) is 0.250. The average Bonchev–Trinajstić information content (AvgIpc) is 2.68. The van der Waals surface area contributed by atoms with Gasteiger partial charge in [-0.15, -0.1) is 0 Å². The van der Waals surface area contributed by atoms with Gasteiger partial charge in [-0.25, -0.2) is 4.79 Å². The van der Waals surface area contributed by atoms with Crippen molar-refractivity contribution in [3.8, 4) is 0 Å². The zero-order valence-electron chi connectivity index (χ0n) is 9.78. The normalized spacial score (nSPS) is 15.4. The summed E-state index contributed by atoms with van der Waals surface area (Å²) >= 11 is 0. The molecule has 4 nitrogen and oxygen atoms in total. The topological polar surface area (TPSA) is 76.5 Å². The first-order valence-electron chi connectivity index (χ1n) is 5.26. The van der Waals surface area contributed by atoms with E-state index in [0.717, 1.165) is 11.6 Å².